The molecule has 4 heteroatoms. The molecule has 88 valence electrons. The Kier molecular flexibility index (Phi) is 5.05. The van der Waals surface area contributed by atoms with Gasteiger partial charge < -0.3 is 10.6 Å². The first-order valence-corrected chi connectivity index (χ1v) is 5.73. The number of likely N-dealkylation sites (tertiary alicyclic amines) is 1. The van der Waals surface area contributed by atoms with Gasteiger partial charge in [0.05, 0.1) is 6.54 Å². The first-order valence-electron chi connectivity index (χ1n) is 5.73. The standard InChI is InChI=1S/C11H23N3O/c1-13-6-3-4-10(8-13)5-7-14(2)9-11(12)15/h10H,3-9H2,1-2H3,(H2,12,15). The van der Waals surface area contributed by atoms with Gasteiger partial charge in [0.2, 0.25) is 5.91 Å². The van der Waals surface area contributed by atoms with E-state index in [0.717, 1.165) is 12.5 Å². The first kappa shape index (κ1) is 12.5. The van der Waals surface area contributed by atoms with E-state index in [2.05, 4.69) is 11.9 Å². The number of hydrogen-bond donors (Lipinski definition) is 1. The predicted molar refractivity (Wildman–Crippen MR) is 61.5 cm³/mol. The van der Waals surface area contributed by atoms with Gasteiger partial charge in [-0.1, -0.05) is 0 Å². The third-order valence-corrected chi connectivity index (χ3v) is 3.07. The third-order valence-electron chi connectivity index (χ3n) is 3.07. The normalized spacial score (nSPS) is 23.3. The van der Waals surface area contributed by atoms with E-state index in [4.69, 9.17) is 5.73 Å². The van der Waals surface area contributed by atoms with E-state index < -0.39 is 0 Å². The summed E-state index contributed by atoms with van der Waals surface area (Å²) in [5.74, 6) is 0.553. The number of piperidine rings is 1. The number of primary amides is 1. The van der Waals surface area contributed by atoms with Gasteiger partial charge in [-0.15, -0.1) is 0 Å². The van der Waals surface area contributed by atoms with Gasteiger partial charge in [0, 0.05) is 6.54 Å². The molecule has 1 atom stereocenters. The maximum Gasteiger partial charge on any atom is 0.231 e. The number of likely N-dealkylation sites (N-methyl/N-ethyl adjacent to an activating group) is 1. The van der Waals surface area contributed by atoms with Crippen molar-refractivity contribution >= 4 is 5.91 Å². The molecule has 1 heterocycles. The molecule has 1 aliphatic heterocycles. The zero-order valence-corrected chi connectivity index (χ0v) is 9.91. The van der Waals surface area contributed by atoms with E-state index in [1.54, 1.807) is 0 Å². The Morgan fingerprint density at radius 3 is 2.93 bits per heavy atom. The van der Waals surface area contributed by atoms with Gasteiger partial charge in [0.25, 0.3) is 0 Å². The average Bonchev–Trinajstić information content (AvgIpc) is 2.14. The minimum atomic E-state index is -0.238. The molecule has 1 aliphatic rings. The molecule has 1 unspecified atom stereocenters. The lowest BCUT2D eigenvalue weighted by Gasteiger charge is -2.30. The van der Waals surface area contributed by atoms with Crippen molar-refractivity contribution in [1.29, 1.82) is 0 Å². The summed E-state index contributed by atoms with van der Waals surface area (Å²) >= 11 is 0. The summed E-state index contributed by atoms with van der Waals surface area (Å²) < 4.78 is 0. The Morgan fingerprint density at radius 1 is 1.60 bits per heavy atom. The zero-order valence-electron chi connectivity index (χ0n) is 9.91. The number of amides is 1. The zero-order chi connectivity index (χ0) is 11.3. The fourth-order valence-electron chi connectivity index (χ4n) is 2.26. The molecule has 0 aromatic heterocycles. The number of nitrogens with two attached hydrogens (primary N) is 1. The molecule has 1 amide bonds. The van der Waals surface area contributed by atoms with Crippen molar-refractivity contribution < 1.29 is 4.79 Å². The predicted octanol–water partition coefficient (Wildman–Crippen LogP) is 0.135. The molecule has 2 N–H and O–H groups in total. The second-order valence-corrected chi connectivity index (χ2v) is 4.76. The number of carbonyl (C=O) groups excluding carboxylic acids is 1. The number of nitrogens with zero attached hydrogens (tertiary/aromatic N) is 2. The Bertz CT molecular complexity index is 208. The lowest BCUT2D eigenvalue weighted by Crippen LogP contribution is -2.36. The van der Waals surface area contributed by atoms with Crippen molar-refractivity contribution in [2.75, 3.05) is 40.3 Å². The van der Waals surface area contributed by atoms with Crippen LogP contribution in [-0.2, 0) is 4.79 Å². The minimum absolute atomic E-state index is 0.238. The van der Waals surface area contributed by atoms with E-state index >= 15 is 0 Å². The van der Waals surface area contributed by atoms with E-state index in [-0.39, 0.29) is 5.91 Å². The summed E-state index contributed by atoms with van der Waals surface area (Å²) in [5, 5.41) is 0. The maximum absolute atomic E-state index is 10.7. The van der Waals surface area contributed by atoms with Crippen LogP contribution >= 0.6 is 0 Å². The summed E-state index contributed by atoms with van der Waals surface area (Å²) in [4.78, 5) is 15.1. The highest BCUT2D eigenvalue weighted by Gasteiger charge is 2.17. The molecular formula is C11H23N3O. The van der Waals surface area contributed by atoms with E-state index in [9.17, 15) is 4.79 Å². The largest absolute Gasteiger partial charge is 0.369 e. The first-order chi connectivity index (χ1) is 7.08. The number of rotatable bonds is 5. The van der Waals surface area contributed by atoms with Gasteiger partial charge in [0.15, 0.2) is 0 Å². The molecule has 1 saturated heterocycles. The molecule has 1 rings (SSSR count). The van der Waals surface area contributed by atoms with Crippen molar-refractivity contribution in [3.63, 3.8) is 0 Å². The van der Waals surface area contributed by atoms with Crippen molar-refractivity contribution in [2.45, 2.75) is 19.3 Å². The Balaban J connectivity index is 2.15. The van der Waals surface area contributed by atoms with Gasteiger partial charge >= 0.3 is 0 Å². The molecular weight excluding hydrogens is 190 g/mol. The highest BCUT2D eigenvalue weighted by Crippen LogP contribution is 2.18. The molecule has 0 aromatic carbocycles. The van der Waals surface area contributed by atoms with Crippen LogP contribution in [0.3, 0.4) is 0 Å². The van der Waals surface area contributed by atoms with Crippen LogP contribution in [0, 0.1) is 5.92 Å². The molecule has 0 aromatic rings. The van der Waals surface area contributed by atoms with Gasteiger partial charge in [-0.3, -0.25) is 9.69 Å². The highest BCUT2D eigenvalue weighted by molar-refractivity contribution is 5.75. The van der Waals surface area contributed by atoms with E-state index in [0.29, 0.717) is 6.54 Å². The van der Waals surface area contributed by atoms with Crippen LogP contribution in [0.1, 0.15) is 19.3 Å². The lowest BCUT2D eigenvalue weighted by atomic mass is 9.95. The van der Waals surface area contributed by atoms with Gasteiger partial charge in [0.1, 0.15) is 0 Å². The average molecular weight is 213 g/mol. The number of hydrogen-bond acceptors (Lipinski definition) is 3. The summed E-state index contributed by atoms with van der Waals surface area (Å²) in [6.45, 7) is 3.78. The van der Waals surface area contributed by atoms with Gasteiger partial charge in [-0.25, -0.2) is 0 Å². The summed E-state index contributed by atoms with van der Waals surface area (Å²) in [5.41, 5.74) is 5.14. The van der Waals surface area contributed by atoms with Crippen molar-refractivity contribution in [3.05, 3.63) is 0 Å². The smallest absolute Gasteiger partial charge is 0.231 e. The highest BCUT2D eigenvalue weighted by atomic mass is 16.1. The Morgan fingerprint density at radius 2 is 2.33 bits per heavy atom. The van der Waals surface area contributed by atoms with Crippen molar-refractivity contribution in [1.82, 2.24) is 9.80 Å². The summed E-state index contributed by atoms with van der Waals surface area (Å²) in [7, 11) is 4.14. The molecule has 1 fully saturated rings. The van der Waals surface area contributed by atoms with Crippen LogP contribution in [0.4, 0.5) is 0 Å². The minimum Gasteiger partial charge on any atom is -0.369 e. The van der Waals surface area contributed by atoms with Crippen LogP contribution in [0.5, 0.6) is 0 Å². The molecule has 15 heavy (non-hydrogen) atoms. The van der Waals surface area contributed by atoms with Gasteiger partial charge in [-0.05, 0) is 52.4 Å². The summed E-state index contributed by atoms with van der Waals surface area (Å²) in [6.07, 6.45) is 3.81. The second-order valence-electron chi connectivity index (χ2n) is 4.76. The summed E-state index contributed by atoms with van der Waals surface area (Å²) in [6, 6.07) is 0. The molecule has 0 radical (unpaired) electrons. The van der Waals surface area contributed by atoms with Crippen molar-refractivity contribution in [3.8, 4) is 0 Å². The number of carbonyl (C=O) groups is 1. The monoisotopic (exact) mass is 213 g/mol. The fourth-order valence-corrected chi connectivity index (χ4v) is 2.26. The van der Waals surface area contributed by atoms with E-state index in [1.807, 2.05) is 11.9 Å². The topological polar surface area (TPSA) is 49.6 Å². The molecule has 0 aliphatic carbocycles. The molecule has 0 saturated carbocycles. The van der Waals surface area contributed by atoms with Crippen molar-refractivity contribution in [2.24, 2.45) is 11.7 Å². The quantitative estimate of drug-likeness (QED) is 0.706. The maximum atomic E-state index is 10.7. The molecule has 0 bridgehead atoms. The Labute approximate surface area is 92.4 Å². The van der Waals surface area contributed by atoms with Crippen LogP contribution in [0.2, 0.25) is 0 Å². The van der Waals surface area contributed by atoms with Crippen LogP contribution in [0.25, 0.3) is 0 Å². The lowest BCUT2D eigenvalue weighted by molar-refractivity contribution is -0.118. The molecule has 0 spiro atoms. The Hall–Kier alpha value is -0.610. The van der Waals surface area contributed by atoms with E-state index in [1.165, 1.54) is 32.4 Å². The third kappa shape index (κ3) is 5.14. The van der Waals surface area contributed by atoms with Gasteiger partial charge in [-0.2, -0.15) is 0 Å². The fraction of sp³-hybridized carbons (Fsp3) is 0.909. The van der Waals surface area contributed by atoms with Crippen LogP contribution < -0.4 is 5.73 Å². The SMILES string of the molecule is CN(CCC1CCCN(C)C1)CC(N)=O. The van der Waals surface area contributed by atoms with Crippen LogP contribution in [-0.4, -0.2) is 56.0 Å². The molecule has 4 nitrogen and oxygen atoms in total. The van der Waals surface area contributed by atoms with Crippen LogP contribution in [0.15, 0.2) is 0 Å². The second kappa shape index (κ2) is 6.08.